The predicted molar refractivity (Wildman–Crippen MR) is 76.8 cm³/mol. The summed E-state index contributed by atoms with van der Waals surface area (Å²) in [6.07, 6.45) is 4.79. The highest BCUT2D eigenvalue weighted by Crippen LogP contribution is 2.72. The molecule has 2 fully saturated rings. The number of anilines is 1. The number of pyridine rings is 1. The molecule has 1 heterocycles. The zero-order valence-corrected chi connectivity index (χ0v) is 12.5. The van der Waals surface area contributed by atoms with Crippen LogP contribution in [-0.2, 0) is 5.60 Å². The number of nitrogens with two attached hydrogens (primary N) is 1. The van der Waals surface area contributed by atoms with E-state index in [4.69, 9.17) is 17.3 Å². The van der Waals surface area contributed by atoms with Crippen molar-refractivity contribution in [2.24, 2.45) is 16.7 Å². The van der Waals surface area contributed by atoms with E-state index in [1.165, 1.54) is 12.6 Å². The van der Waals surface area contributed by atoms with E-state index in [9.17, 15) is 5.11 Å². The number of rotatable bonds is 1. The maximum atomic E-state index is 11.6. The summed E-state index contributed by atoms with van der Waals surface area (Å²) in [6.45, 7) is 6.45. The van der Waals surface area contributed by atoms with Crippen molar-refractivity contribution in [3.8, 4) is 0 Å². The standard InChI is InChI=1S/C15H21ClN2O/c1-13(2)9-4-5-14(3,7-9)15(13,19)11-6-10(16)8-18-12(11)17/h6,8-9,19H,4-5,7H2,1-3H3,(H2,17,18). The van der Waals surface area contributed by atoms with Gasteiger partial charge in [-0.1, -0.05) is 32.4 Å². The first kappa shape index (κ1) is 13.2. The second-order valence-corrected chi connectivity index (χ2v) is 7.46. The third-order valence-corrected chi connectivity index (χ3v) is 6.05. The van der Waals surface area contributed by atoms with Crippen LogP contribution in [-0.4, -0.2) is 10.1 Å². The van der Waals surface area contributed by atoms with Crippen molar-refractivity contribution in [2.75, 3.05) is 5.73 Å². The Morgan fingerprint density at radius 1 is 1.42 bits per heavy atom. The molecule has 104 valence electrons. The van der Waals surface area contributed by atoms with Crippen molar-refractivity contribution in [3.63, 3.8) is 0 Å². The van der Waals surface area contributed by atoms with Crippen LogP contribution in [0.3, 0.4) is 0 Å². The number of nitrogens with zero attached hydrogens (tertiary/aromatic N) is 1. The number of nitrogen functional groups attached to an aromatic ring is 1. The number of hydrogen-bond acceptors (Lipinski definition) is 3. The Bertz CT molecular complexity index is 538. The fourth-order valence-corrected chi connectivity index (χ4v) is 4.83. The molecule has 0 aliphatic heterocycles. The largest absolute Gasteiger partial charge is 0.384 e. The van der Waals surface area contributed by atoms with E-state index in [1.54, 1.807) is 6.07 Å². The van der Waals surface area contributed by atoms with Crippen LogP contribution < -0.4 is 5.73 Å². The summed E-state index contributed by atoms with van der Waals surface area (Å²) in [5.41, 5.74) is 5.44. The smallest absolute Gasteiger partial charge is 0.129 e. The Morgan fingerprint density at radius 3 is 2.68 bits per heavy atom. The van der Waals surface area contributed by atoms with Gasteiger partial charge >= 0.3 is 0 Å². The summed E-state index contributed by atoms with van der Waals surface area (Å²) >= 11 is 6.07. The average molecular weight is 281 g/mol. The Morgan fingerprint density at radius 2 is 2.11 bits per heavy atom. The molecule has 1 aromatic rings. The molecule has 3 nitrogen and oxygen atoms in total. The van der Waals surface area contributed by atoms with Crippen LogP contribution in [0.1, 0.15) is 45.6 Å². The molecule has 3 atom stereocenters. The quantitative estimate of drug-likeness (QED) is 0.829. The number of fused-ring (bicyclic) bond motifs is 2. The van der Waals surface area contributed by atoms with Gasteiger partial charge in [0.1, 0.15) is 11.4 Å². The van der Waals surface area contributed by atoms with Crippen molar-refractivity contribution >= 4 is 17.4 Å². The molecule has 2 aliphatic carbocycles. The molecule has 0 saturated heterocycles. The van der Waals surface area contributed by atoms with Crippen molar-refractivity contribution in [1.29, 1.82) is 0 Å². The zero-order valence-electron chi connectivity index (χ0n) is 11.7. The van der Waals surface area contributed by atoms with Crippen LogP contribution in [0.15, 0.2) is 12.3 Å². The van der Waals surface area contributed by atoms with Crippen LogP contribution in [0.4, 0.5) is 5.82 Å². The highest BCUT2D eigenvalue weighted by molar-refractivity contribution is 6.30. The maximum absolute atomic E-state index is 11.6. The highest BCUT2D eigenvalue weighted by atomic mass is 35.5. The van der Waals surface area contributed by atoms with Gasteiger partial charge in [-0.3, -0.25) is 0 Å². The molecule has 2 saturated carbocycles. The molecule has 4 heteroatoms. The van der Waals surface area contributed by atoms with Gasteiger partial charge in [0.25, 0.3) is 0 Å². The summed E-state index contributed by atoms with van der Waals surface area (Å²) < 4.78 is 0. The Balaban J connectivity index is 2.24. The van der Waals surface area contributed by atoms with Crippen LogP contribution in [0.2, 0.25) is 5.02 Å². The number of halogens is 1. The van der Waals surface area contributed by atoms with Gasteiger partial charge in [0.05, 0.1) is 5.02 Å². The summed E-state index contributed by atoms with van der Waals surface area (Å²) in [6, 6.07) is 1.79. The van der Waals surface area contributed by atoms with Crippen molar-refractivity contribution < 1.29 is 5.11 Å². The third kappa shape index (κ3) is 1.40. The number of aromatic nitrogens is 1. The second-order valence-electron chi connectivity index (χ2n) is 7.02. The second kappa shape index (κ2) is 3.64. The minimum absolute atomic E-state index is 0.137. The van der Waals surface area contributed by atoms with Crippen LogP contribution in [0.5, 0.6) is 0 Å². The molecule has 3 rings (SSSR count). The molecular weight excluding hydrogens is 260 g/mol. The van der Waals surface area contributed by atoms with E-state index in [1.807, 2.05) is 0 Å². The van der Waals surface area contributed by atoms with Gasteiger partial charge in [0.15, 0.2) is 0 Å². The van der Waals surface area contributed by atoms with Crippen molar-refractivity contribution in [2.45, 2.75) is 45.6 Å². The lowest BCUT2D eigenvalue weighted by Crippen LogP contribution is -2.51. The van der Waals surface area contributed by atoms with Gasteiger partial charge in [-0.25, -0.2) is 4.98 Å². The van der Waals surface area contributed by atoms with E-state index in [2.05, 4.69) is 25.8 Å². The van der Waals surface area contributed by atoms with Crippen molar-refractivity contribution in [1.82, 2.24) is 4.98 Å². The van der Waals surface area contributed by atoms with Crippen LogP contribution >= 0.6 is 11.6 Å². The summed E-state index contributed by atoms with van der Waals surface area (Å²) in [5.74, 6) is 0.926. The number of aliphatic hydroxyl groups is 1. The topological polar surface area (TPSA) is 59.1 Å². The lowest BCUT2D eigenvalue weighted by Gasteiger charge is -2.51. The summed E-state index contributed by atoms with van der Waals surface area (Å²) in [7, 11) is 0. The SMILES string of the molecule is CC12CCC(C1)C(C)(C)C2(O)c1cc(Cl)cnc1N. The summed E-state index contributed by atoms with van der Waals surface area (Å²) in [4.78, 5) is 4.13. The Labute approximate surface area is 119 Å². The maximum Gasteiger partial charge on any atom is 0.129 e. The van der Waals surface area contributed by atoms with Gasteiger partial charge < -0.3 is 10.8 Å². The average Bonchev–Trinajstić information content (AvgIpc) is 2.80. The zero-order chi connectivity index (χ0) is 14.1. The van der Waals surface area contributed by atoms with E-state index in [0.717, 1.165) is 12.8 Å². The van der Waals surface area contributed by atoms with Gasteiger partial charge in [-0.2, -0.15) is 0 Å². The Kier molecular flexibility index (Phi) is 2.53. The molecule has 3 N–H and O–H groups in total. The lowest BCUT2D eigenvalue weighted by atomic mass is 9.58. The first-order valence-electron chi connectivity index (χ1n) is 6.86. The molecule has 0 radical (unpaired) electrons. The van der Waals surface area contributed by atoms with Crippen LogP contribution in [0.25, 0.3) is 0 Å². The van der Waals surface area contributed by atoms with Gasteiger partial charge in [0, 0.05) is 22.6 Å². The minimum Gasteiger partial charge on any atom is -0.384 e. The summed E-state index contributed by atoms with van der Waals surface area (Å²) in [5, 5.41) is 12.1. The Hall–Kier alpha value is -0.800. The molecule has 19 heavy (non-hydrogen) atoms. The van der Waals surface area contributed by atoms with E-state index in [-0.39, 0.29) is 10.8 Å². The molecule has 0 amide bonds. The van der Waals surface area contributed by atoms with Gasteiger partial charge in [-0.15, -0.1) is 0 Å². The van der Waals surface area contributed by atoms with E-state index < -0.39 is 5.60 Å². The van der Waals surface area contributed by atoms with E-state index >= 15 is 0 Å². The molecule has 3 unspecified atom stereocenters. The van der Waals surface area contributed by atoms with Crippen LogP contribution in [0, 0.1) is 16.7 Å². The molecule has 1 aromatic heterocycles. The van der Waals surface area contributed by atoms with E-state index in [0.29, 0.717) is 22.3 Å². The first-order chi connectivity index (χ1) is 8.72. The third-order valence-electron chi connectivity index (χ3n) is 5.84. The first-order valence-corrected chi connectivity index (χ1v) is 7.24. The molecule has 0 aromatic carbocycles. The highest BCUT2D eigenvalue weighted by Gasteiger charge is 2.69. The normalized spacial score (nSPS) is 39.7. The minimum atomic E-state index is -0.953. The predicted octanol–water partition coefficient (Wildman–Crippen LogP) is 3.35. The molecule has 2 bridgehead atoms. The van der Waals surface area contributed by atoms with Gasteiger partial charge in [0.2, 0.25) is 0 Å². The monoisotopic (exact) mass is 280 g/mol. The molecule has 2 aliphatic rings. The van der Waals surface area contributed by atoms with Crippen molar-refractivity contribution in [3.05, 3.63) is 22.8 Å². The number of hydrogen-bond donors (Lipinski definition) is 2. The molecule has 0 spiro atoms. The lowest BCUT2D eigenvalue weighted by molar-refractivity contribution is -0.150. The fraction of sp³-hybridized carbons (Fsp3) is 0.667. The van der Waals surface area contributed by atoms with Gasteiger partial charge in [-0.05, 0) is 31.2 Å². The fourth-order valence-electron chi connectivity index (χ4n) is 4.67. The molecular formula is C15H21ClN2O.